The summed E-state index contributed by atoms with van der Waals surface area (Å²) in [6, 6.07) is 15.2. The lowest BCUT2D eigenvalue weighted by atomic mass is 9.91. The van der Waals surface area contributed by atoms with Crippen LogP contribution in [-0.4, -0.2) is 29.8 Å². The number of halogens is 1. The minimum Gasteiger partial charge on any atom is -0.366 e. The van der Waals surface area contributed by atoms with Gasteiger partial charge in [0.25, 0.3) is 11.8 Å². The Balaban J connectivity index is 1.84. The van der Waals surface area contributed by atoms with Gasteiger partial charge in [-0.05, 0) is 48.9 Å². The van der Waals surface area contributed by atoms with Gasteiger partial charge in [0.1, 0.15) is 5.70 Å². The van der Waals surface area contributed by atoms with E-state index in [0.717, 1.165) is 35.1 Å². The molecule has 2 unspecified atom stereocenters. The highest BCUT2D eigenvalue weighted by atomic mass is 79.9. The number of hydrogen-bond donors (Lipinski definition) is 0. The van der Waals surface area contributed by atoms with Crippen LogP contribution in [0.2, 0.25) is 0 Å². The molecule has 2 aromatic rings. The zero-order valence-electron chi connectivity index (χ0n) is 17.0. The van der Waals surface area contributed by atoms with E-state index in [1.807, 2.05) is 49.4 Å². The molecule has 0 aromatic heterocycles. The van der Waals surface area contributed by atoms with E-state index in [9.17, 15) is 9.59 Å². The largest absolute Gasteiger partial charge is 0.366 e. The Morgan fingerprint density at radius 1 is 0.931 bits per heavy atom. The SMILES string of the molecule is Cc1ccc(C2=C(N3CC(C)CC(C)C3)C(=O)N(c3cccc(Br)c3)C2=O)cc1. The normalized spacial score (nSPS) is 22.6. The van der Waals surface area contributed by atoms with Gasteiger partial charge in [-0.2, -0.15) is 0 Å². The molecule has 0 spiro atoms. The lowest BCUT2D eigenvalue weighted by Gasteiger charge is -2.37. The topological polar surface area (TPSA) is 40.6 Å². The Kier molecular flexibility index (Phi) is 5.34. The average Bonchev–Trinajstić information content (AvgIpc) is 2.92. The maximum Gasteiger partial charge on any atom is 0.282 e. The van der Waals surface area contributed by atoms with E-state index >= 15 is 0 Å². The Labute approximate surface area is 180 Å². The van der Waals surface area contributed by atoms with Crippen molar-refractivity contribution >= 4 is 39.0 Å². The average molecular weight is 453 g/mol. The molecule has 2 amide bonds. The number of piperidine rings is 1. The van der Waals surface area contributed by atoms with Crippen LogP contribution in [0.1, 0.15) is 31.4 Å². The van der Waals surface area contributed by atoms with Crippen LogP contribution in [0.4, 0.5) is 5.69 Å². The molecule has 1 saturated heterocycles. The number of nitrogens with zero attached hydrogens (tertiary/aromatic N) is 2. The second kappa shape index (κ2) is 7.79. The molecule has 2 heterocycles. The van der Waals surface area contributed by atoms with Crippen molar-refractivity contribution in [2.45, 2.75) is 27.2 Å². The number of anilines is 1. The number of imide groups is 1. The van der Waals surface area contributed by atoms with Crippen LogP contribution in [0.3, 0.4) is 0 Å². The summed E-state index contributed by atoms with van der Waals surface area (Å²) in [5, 5.41) is 0. The molecule has 0 aliphatic carbocycles. The number of amides is 2. The lowest BCUT2D eigenvalue weighted by Crippen LogP contribution is -2.42. The van der Waals surface area contributed by atoms with Crippen molar-refractivity contribution in [1.82, 2.24) is 4.90 Å². The third kappa shape index (κ3) is 3.76. The van der Waals surface area contributed by atoms with Gasteiger partial charge in [-0.3, -0.25) is 9.59 Å². The summed E-state index contributed by atoms with van der Waals surface area (Å²) >= 11 is 3.45. The van der Waals surface area contributed by atoms with E-state index in [4.69, 9.17) is 0 Å². The third-order valence-corrected chi connectivity index (χ3v) is 6.14. The van der Waals surface area contributed by atoms with Crippen LogP contribution >= 0.6 is 15.9 Å². The number of rotatable bonds is 3. The van der Waals surface area contributed by atoms with Crippen molar-refractivity contribution in [3.05, 3.63) is 69.8 Å². The summed E-state index contributed by atoms with van der Waals surface area (Å²) in [6.07, 6.45) is 1.14. The van der Waals surface area contributed by atoms with Crippen LogP contribution in [0.15, 0.2) is 58.7 Å². The van der Waals surface area contributed by atoms with E-state index in [0.29, 0.717) is 28.8 Å². The highest BCUT2D eigenvalue weighted by Gasteiger charge is 2.43. The summed E-state index contributed by atoms with van der Waals surface area (Å²) in [5.41, 5.74) is 3.56. The molecule has 2 aliphatic rings. The molecule has 0 saturated carbocycles. The van der Waals surface area contributed by atoms with Crippen molar-refractivity contribution in [2.24, 2.45) is 11.8 Å². The number of hydrogen-bond acceptors (Lipinski definition) is 3. The molecule has 2 atom stereocenters. The molecule has 0 N–H and O–H groups in total. The summed E-state index contributed by atoms with van der Waals surface area (Å²) < 4.78 is 0.834. The fourth-order valence-corrected chi connectivity index (χ4v) is 4.87. The third-order valence-electron chi connectivity index (χ3n) is 5.65. The first-order valence-corrected chi connectivity index (χ1v) is 10.8. The molecule has 4 nitrogen and oxygen atoms in total. The monoisotopic (exact) mass is 452 g/mol. The van der Waals surface area contributed by atoms with Crippen molar-refractivity contribution in [1.29, 1.82) is 0 Å². The standard InChI is InChI=1S/C24H25BrN2O2/c1-15-7-9-18(10-8-15)21-22(26-13-16(2)11-17(3)14-26)24(29)27(23(21)28)20-6-4-5-19(25)12-20/h4-10,12,16-17H,11,13-14H2,1-3H3. The van der Waals surface area contributed by atoms with Gasteiger partial charge >= 0.3 is 0 Å². The van der Waals surface area contributed by atoms with Gasteiger partial charge in [-0.25, -0.2) is 4.90 Å². The molecular weight excluding hydrogens is 428 g/mol. The molecule has 0 radical (unpaired) electrons. The molecule has 29 heavy (non-hydrogen) atoms. The van der Waals surface area contributed by atoms with E-state index in [1.165, 1.54) is 4.90 Å². The predicted molar refractivity (Wildman–Crippen MR) is 119 cm³/mol. The fraction of sp³-hybridized carbons (Fsp3) is 0.333. The Hall–Kier alpha value is -2.40. The molecule has 4 rings (SSSR count). The number of likely N-dealkylation sites (tertiary alicyclic amines) is 1. The van der Waals surface area contributed by atoms with E-state index in [-0.39, 0.29) is 11.8 Å². The van der Waals surface area contributed by atoms with Gasteiger partial charge in [0.15, 0.2) is 0 Å². The first-order chi connectivity index (χ1) is 13.8. The first-order valence-electron chi connectivity index (χ1n) is 10.1. The van der Waals surface area contributed by atoms with Crippen molar-refractivity contribution in [2.75, 3.05) is 18.0 Å². The minimum atomic E-state index is -0.252. The van der Waals surface area contributed by atoms with Crippen LogP contribution < -0.4 is 4.90 Å². The highest BCUT2D eigenvalue weighted by Crippen LogP contribution is 2.37. The summed E-state index contributed by atoms with van der Waals surface area (Å²) in [6.45, 7) is 8.02. The lowest BCUT2D eigenvalue weighted by molar-refractivity contribution is -0.120. The summed E-state index contributed by atoms with van der Waals surface area (Å²) in [5.74, 6) is 0.476. The number of benzene rings is 2. The molecular formula is C24H25BrN2O2. The zero-order chi connectivity index (χ0) is 20.7. The molecule has 2 aromatic carbocycles. The maximum absolute atomic E-state index is 13.6. The van der Waals surface area contributed by atoms with Crippen LogP contribution in [0, 0.1) is 18.8 Å². The molecule has 150 valence electrons. The number of aryl methyl sites for hydroxylation is 1. The second-order valence-corrected chi connectivity index (χ2v) is 9.28. The highest BCUT2D eigenvalue weighted by molar-refractivity contribution is 9.10. The van der Waals surface area contributed by atoms with Gasteiger partial charge in [0, 0.05) is 17.6 Å². The van der Waals surface area contributed by atoms with Gasteiger partial charge in [-0.1, -0.05) is 65.7 Å². The van der Waals surface area contributed by atoms with Crippen LogP contribution in [0.25, 0.3) is 5.57 Å². The zero-order valence-corrected chi connectivity index (χ0v) is 18.6. The van der Waals surface area contributed by atoms with Gasteiger partial charge < -0.3 is 4.90 Å². The molecule has 0 bridgehead atoms. The van der Waals surface area contributed by atoms with E-state index in [2.05, 4.69) is 34.7 Å². The Morgan fingerprint density at radius 2 is 1.59 bits per heavy atom. The second-order valence-electron chi connectivity index (χ2n) is 8.37. The number of carbonyl (C=O) groups excluding carboxylic acids is 2. The quantitative estimate of drug-likeness (QED) is 0.613. The van der Waals surface area contributed by atoms with E-state index < -0.39 is 0 Å². The molecule has 2 aliphatic heterocycles. The fourth-order valence-electron chi connectivity index (χ4n) is 4.49. The van der Waals surface area contributed by atoms with E-state index in [1.54, 1.807) is 6.07 Å². The molecule has 1 fully saturated rings. The Bertz CT molecular complexity index is 986. The van der Waals surface area contributed by atoms with Gasteiger partial charge in [0.05, 0.1) is 11.3 Å². The van der Waals surface area contributed by atoms with Gasteiger partial charge in [0.2, 0.25) is 0 Å². The predicted octanol–water partition coefficient (Wildman–Crippen LogP) is 5.02. The number of carbonyl (C=O) groups is 2. The van der Waals surface area contributed by atoms with Crippen molar-refractivity contribution in [3.63, 3.8) is 0 Å². The summed E-state index contributed by atoms with van der Waals surface area (Å²) in [4.78, 5) is 30.6. The van der Waals surface area contributed by atoms with Crippen molar-refractivity contribution < 1.29 is 9.59 Å². The minimum absolute atomic E-state index is 0.232. The Morgan fingerprint density at radius 3 is 2.21 bits per heavy atom. The smallest absolute Gasteiger partial charge is 0.282 e. The summed E-state index contributed by atoms with van der Waals surface area (Å²) in [7, 11) is 0. The van der Waals surface area contributed by atoms with Crippen LogP contribution in [-0.2, 0) is 9.59 Å². The molecule has 5 heteroatoms. The maximum atomic E-state index is 13.6. The van der Waals surface area contributed by atoms with Gasteiger partial charge in [-0.15, -0.1) is 0 Å². The van der Waals surface area contributed by atoms with Crippen molar-refractivity contribution in [3.8, 4) is 0 Å². The first kappa shape index (κ1) is 19.9. The van der Waals surface area contributed by atoms with Crippen LogP contribution in [0.5, 0.6) is 0 Å².